The number of benzene rings is 2. The number of hydrogen-bond donors (Lipinski definition) is 1. The Labute approximate surface area is 170 Å². The molecular weight excluding hydrogens is 370 g/mol. The standard InChI is InChI=1S/C22H27N3O2S/c1-15-17(3)25(11-12-27-4)22(24-15)28-14-21(26)23-16(2)19-10-9-18-7-5-6-8-20(18)13-19/h5-10,13,16H,11-12,14H2,1-4H3,(H,23,26)/t16-/m1/s1. The number of methoxy groups -OCH3 is 1. The van der Waals surface area contributed by atoms with Crippen molar-refractivity contribution in [2.75, 3.05) is 19.5 Å². The van der Waals surface area contributed by atoms with Crippen molar-refractivity contribution in [1.29, 1.82) is 0 Å². The van der Waals surface area contributed by atoms with Gasteiger partial charge >= 0.3 is 0 Å². The quantitative estimate of drug-likeness (QED) is 0.577. The van der Waals surface area contributed by atoms with Gasteiger partial charge in [-0.05, 0) is 43.2 Å². The summed E-state index contributed by atoms with van der Waals surface area (Å²) in [7, 11) is 1.69. The minimum absolute atomic E-state index is 0.00209. The van der Waals surface area contributed by atoms with E-state index in [1.165, 1.54) is 22.5 Å². The van der Waals surface area contributed by atoms with Crippen molar-refractivity contribution in [3.05, 3.63) is 59.4 Å². The Morgan fingerprint density at radius 1 is 1.21 bits per heavy atom. The molecule has 6 heteroatoms. The van der Waals surface area contributed by atoms with Crippen molar-refractivity contribution in [3.63, 3.8) is 0 Å². The van der Waals surface area contributed by atoms with E-state index < -0.39 is 0 Å². The largest absolute Gasteiger partial charge is 0.383 e. The van der Waals surface area contributed by atoms with Gasteiger partial charge < -0.3 is 14.6 Å². The highest BCUT2D eigenvalue weighted by molar-refractivity contribution is 7.99. The van der Waals surface area contributed by atoms with Gasteiger partial charge in [0.25, 0.3) is 0 Å². The fraction of sp³-hybridized carbons (Fsp3) is 0.364. The predicted molar refractivity (Wildman–Crippen MR) is 115 cm³/mol. The van der Waals surface area contributed by atoms with Crippen LogP contribution in [0, 0.1) is 13.8 Å². The van der Waals surface area contributed by atoms with Gasteiger partial charge in [0, 0.05) is 19.3 Å². The summed E-state index contributed by atoms with van der Waals surface area (Å²) in [5.41, 5.74) is 3.21. The summed E-state index contributed by atoms with van der Waals surface area (Å²) >= 11 is 1.46. The van der Waals surface area contributed by atoms with Crippen LogP contribution in [-0.2, 0) is 16.1 Å². The molecule has 148 valence electrons. The molecule has 0 fully saturated rings. The SMILES string of the molecule is COCCn1c(SCC(=O)N[C@H](C)c2ccc3ccccc3c2)nc(C)c1C. The predicted octanol–water partition coefficient (Wildman–Crippen LogP) is 4.27. The lowest BCUT2D eigenvalue weighted by Gasteiger charge is -2.15. The van der Waals surface area contributed by atoms with Crippen molar-refractivity contribution >= 4 is 28.4 Å². The molecule has 1 heterocycles. The molecule has 0 aliphatic rings. The summed E-state index contributed by atoms with van der Waals surface area (Å²) < 4.78 is 7.30. The van der Waals surface area contributed by atoms with Gasteiger partial charge in [0.05, 0.1) is 24.1 Å². The molecule has 1 aromatic heterocycles. The van der Waals surface area contributed by atoms with Crippen LogP contribution >= 0.6 is 11.8 Å². The van der Waals surface area contributed by atoms with Crippen molar-refractivity contribution in [2.24, 2.45) is 0 Å². The van der Waals surface area contributed by atoms with Crippen LogP contribution < -0.4 is 5.32 Å². The number of aryl methyl sites for hydroxylation is 1. The highest BCUT2D eigenvalue weighted by Crippen LogP contribution is 2.23. The molecule has 5 nitrogen and oxygen atoms in total. The fourth-order valence-electron chi connectivity index (χ4n) is 3.15. The molecule has 0 unspecified atom stereocenters. The van der Waals surface area contributed by atoms with Crippen LogP contribution in [0.1, 0.15) is 29.9 Å². The van der Waals surface area contributed by atoms with Crippen LogP contribution in [0.3, 0.4) is 0 Å². The van der Waals surface area contributed by atoms with Gasteiger partial charge in [-0.25, -0.2) is 4.98 Å². The number of ether oxygens (including phenoxy) is 1. The normalized spacial score (nSPS) is 12.3. The van der Waals surface area contributed by atoms with Crippen molar-refractivity contribution in [1.82, 2.24) is 14.9 Å². The van der Waals surface area contributed by atoms with Crippen molar-refractivity contribution < 1.29 is 9.53 Å². The van der Waals surface area contributed by atoms with Gasteiger partial charge in [-0.1, -0.05) is 48.2 Å². The number of carbonyl (C=O) groups excluding carboxylic acids is 1. The maximum absolute atomic E-state index is 12.5. The molecule has 3 aromatic rings. The maximum Gasteiger partial charge on any atom is 0.230 e. The minimum Gasteiger partial charge on any atom is -0.383 e. The first-order chi connectivity index (χ1) is 13.5. The topological polar surface area (TPSA) is 56.1 Å². The fourth-order valence-corrected chi connectivity index (χ4v) is 4.08. The molecule has 0 aliphatic heterocycles. The molecule has 1 N–H and O–H groups in total. The Morgan fingerprint density at radius 3 is 2.71 bits per heavy atom. The number of amides is 1. The molecule has 0 saturated carbocycles. The monoisotopic (exact) mass is 397 g/mol. The van der Waals surface area contributed by atoms with Gasteiger partial charge in [-0.15, -0.1) is 0 Å². The average molecular weight is 398 g/mol. The van der Waals surface area contributed by atoms with Crippen LogP contribution in [0.5, 0.6) is 0 Å². The van der Waals surface area contributed by atoms with Gasteiger partial charge in [-0.2, -0.15) is 0 Å². The van der Waals surface area contributed by atoms with Crippen LogP contribution in [-0.4, -0.2) is 34.9 Å². The summed E-state index contributed by atoms with van der Waals surface area (Å²) in [5.74, 6) is 0.336. The third kappa shape index (κ3) is 4.75. The van der Waals surface area contributed by atoms with Crippen LogP contribution in [0.4, 0.5) is 0 Å². The number of fused-ring (bicyclic) bond motifs is 1. The van der Waals surface area contributed by atoms with E-state index in [0.29, 0.717) is 12.4 Å². The zero-order valence-electron chi connectivity index (χ0n) is 16.9. The number of aromatic nitrogens is 2. The molecule has 1 atom stereocenters. The lowest BCUT2D eigenvalue weighted by molar-refractivity contribution is -0.119. The third-order valence-corrected chi connectivity index (χ3v) is 5.90. The second-order valence-electron chi connectivity index (χ2n) is 6.89. The van der Waals surface area contributed by atoms with E-state index in [1.54, 1.807) is 7.11 Å². The molecule has 0 saturated heterocycles. The second kappa shape index (κ2) is 9.26. The van der Waals surface area contributed by atoms with E-state index in [-0.39, 0.29) is 11.9 Å². The number of thioether (sulfide) groups is 1. The number of hydrogen-bond acceptors (Lipinski definition) is 4. The number of carbonyl (C=O) groups is 1. The molecule has 0 bridgehead atoms. The van der Waals surface area contributed by atoms with Gasteiger partial charge in [-0.3, -0.25) is 4.79 Å². The van der Waals surface area contributed by atoms with Crippen LogP contribution in [0.2, 0.25) is 0 Å². The second-order valence-corrected chi connectivity index (χ2v) is 7.84. The molecule has 0 spiro atoms. The van der Waals surface area contributed by atoms with E-state index >= 15 is 0 Å². The van der Waals surface area contributed by atoms with Gasteiger partial charge in [0.15, 0.2) is 5.16 Å². The molecule has 28 heavy (non-hydrogen) atoms. The van der Waals surface area contributed by atoms with E-state index in [2.05, 4.69) is 45.2 Å². The Balaban J connectivity index is 1.61. The van der Waals surface area contributed by atoms with Crippen molar-refractivity contribution in [2.45, 2.75) is 38.5 Å². The Bertz CT molecular complexity index is 968. The van der Waals surface area contributed by atoms with Gasteiger partial charge in [0.2, 0.25) is 5.91 Å². The first-order valence-corrected chi connectivity index (χ1v) is 10.4. The molecule has 0 radical (unpaired) electrons. The summed E-state index contributed by atoms with van der Waals surface area (Å²) in [4.78, 5) is 17.1. The Morgan fingerprint density at radius 2 is 1.96 bits per heavy atom. The van der Waals surface area contributed by atoms with E-state index in [0.717, 1.165) is 28.7 Å². The summed E-state index contributed by atoms with van der Waals surface area (Å²) in [6, 6.07) is 14.5. The Hall–Kier alpha value is -2.31. The lowest BCUT2D eigenvalue weighted by Crippen LogP contribution is -2.28. The van der Waals surface area contributed by atoms with Crippen LogP contribution in [0.15, 0.2) is 47.6 Å². The number of rotatable bonds is 8. The highest BCUT2D eigenvalue weighted by Gasteiger charge is 2.15. The third-order valence-electron chi connectivity index (χ3n) is 4.93. The van der Waals surface area contributed by atoms with E-state index in [1.807, 2.05) is 32.9 Å². The molecule has 1 amide bonds. The van der Waals surface area contributed by atoms with E-state index in [9.17, 15) is 4.79 Å². The molecule has 0 aliphatic carbocycles. The molecule has 2 aromatic carbocycles. The minimum atomic E-state index is -0.0468. The zero-order valence-corrected chi connectivity index (χ0v) is 17.7. The lowest BCUT2D eigenvalue weighted by atomic mass is 10.0. The Kier molecular flexibility index (Phi) is 6.75. The van der Waals surface area contributed by atoms with Gasteiger partial charge in [0.1, 0.15) is 0 Å². The number of nitrogens with one attached hydrogen (secondary N) is 1. The summed E-state index contributed by atoms with van der Waals surface area (Å²) in [6.45, 7) is 7.41. The zero-order chi connectivity index (χ0) is 20.1. The average Bonchev–Trinajstić information content (AvgIpc) is 2.97. The van der Waals surface area contributed by atoms with Crippen molar-refractivity contribution in [3.8, 4) is 0 Å². The number of imidazole rings is 1. The van der Waals surface area contributed by atoms with Crippen LogP contribution in [0.25, 0.3) is 10.8 Å². The summed E-state index contributed by atoms with van der Waals surface area (Å²) in [6.07, 6.45) is 0. The maximum atomic E-state index is 12.5. The smallest absolute Gasteiger partial charge is 0.230 e. The first kappa shape index (κ1) is 20.4. The first-order valence-electron chi connectivity index (χ1n) is 9.43. The number of nitrogens with zero attached hydrogens (tertiary/aromatic N) is 2. The van der Waals surface area contributed by atoms with E-state index in [4.69, 9.17) is 4.74 Å². The molecular formula is C22H27N3O2S. The molecule has 3 rings (SSSR count). The summed E-state index contributed by atoms with van der Waals surface area (Å²) in [5, 5.41) is 6.34. The highest BCUT2D eigenvalue weighted by atomic mass is 32.2.